The van der Waals surface area contributed by atoms with Crippen LogP contribution in [0.2, 0.25) is 0 Å². The molecule has 1 unspecified atom stereocenters. The minimum Gasteiger partial charge on any atom is -0.354 e. The van der Waals surface area contributed by atoms with E-state index < -0.39 is 0 Å². The maximum absolute atomic E-state index is 4.78. The minimum atomic E-state index is 0.513. The number of hydrogen-bond donors (Lipinski definition) is 1. The van der Waals surface area contributed by atoms with Crippen LogP contribution in [0.4, 0.5) is 5.95 Å². The van der Waals surface area contributed by atoms with E-state index in [4.69, 9.17) is 5.10 Å². The van der Waals surface area contributed by atoms with Crippen molar-refractivity contribution in [2.75, 3.05) is 11.9 Å². The Labute approximate surface area is 124 Å². The Morgan fingerprint density at radius 2 is 2.05 bits per heavy atom. The van der Waals surface area contributed by atoms with Crippen molar-refractivity contribution < 1.29 is 0 Å². The number of nitrogens with one attached hydrogen (secondary N) is 1. The standard InChI is InChI=1S/C16H21N5/c1-2-5-12(6-3-1)14-8-10-18-16-19-15(20-21(14)16)13-7-4-9-17-11-13/h4,7,9,11-12,14H,1-3,5-6,8,10H2,(H,18,19,20). The van der Waals surface area contributed by atoms with Gasteiger partial charge >= 0.3 is 0 Å². The monoisotopic (exact) mass is 283 g/mol. The van der Waals surface area contributed by atoms with Gasteiger partial charge in [-0.25, -0.2) is 4.68 Å². The van der Waals surface area contributed by atoms with E-state index in [0.717, 1.165) is 36.2 Å². The van der Waals surface area contributed by atoms with Crippen molar-refractivity contribution >= 4 is 5.95 Å². The predicted octanol–water partition coefficient (Wildman–Crippen LogP) is 3.28. The van der Waals surface area contributed by atoms with Crippen LogP contribution in [0.25, 0.3) is 11.4 Å². The van der Waals surface area contributed by atoms with E-state index >= 15 is 0 Å². The Morgan fingerprint density at radius 3 is 2.86 bits per heavy atom. The van der Waals surface area contributed by atoms with Crippen molar-refractivity contribution in [3.63, 3.8) is 0 Å². The summed E-state index contributed by atoms with van der Waals surface area (Å²) in [4.78, 5) is 8.83. The molecule has 3 heterocycles. The van der Waals surface area contributed by atoms with E-state index in [-0.39, 0.29) is 0 Å². The van der Waals surface area contributed by atoms with Crippen LogP contribution >= 0.6 is 0 Å². The minimum absolute atomic E-state index is 0.513. The molecule has 5 nitrogen and oxygen atoms in total. The average molecular weight is 283 g/mol. The second kappa shape index (κ2) is 5.47. The molecule has 2 aliphatic rings. The third-order valence-corrected chi connectivity index (χ3v) is 4.78. The molecular weight excluding hydrogens is 262 g/mol. The van der Waals surface area contributed by atoms with Gasteiger partial charge in [-0.05, 0) is 37.3 Å². The van der Waals surface area contributed by atoms with Gasteiger partial charge in [-0.1, -0.05) is 19.3 Å². The number of fused-ring (bicyclic) bond motifs is 1. The molecule has 4 rings (SSSR count). The zero-order valence-corrected chi connectivity index (χ0v) is 12.2. The molecule has 0 radical (unpaired) electrons. The van der Waals surface area contributed by atoms with Crippen molar-refractivity contribution in [3.05, 3.63) is 24.5 Å². The zero-order valence-electron chi connectivity index (χ0n) is 12.2. The van der Waals surface area contributed by atoms with Crippen molar-refractivity contribution in [2.45, 2.75) is 44.6 Å². The second-order valence-corrected chi connectivity index (χ2v) is 6.13. The zero-order chi connectivity index (χ0) is 14.1. The van der Waals surface area contributed by atoms with E-state index in [0.29, 0.717) is 6.04 Å². The molecule has 1 aliphatic carbocycles. The maximum Gasteiger partial charge on any atom is 0.221 e. The Kier molecular flexibility index (Phi) is 3.33. The lowest BCUT2D eigenvalue weighted by atomic mass is 9.82. The molecule has 0 amide bonds. The first-order valence-corrected chi connectivity index (χ1v) is 8.02. The van der Waals surface area contributed by atoms with Gasteiger partial charge in [-0.2, -0.15) is 4.98 Å². The number of nitrogens with zero attached hydrogens (tertiary/aromatic N) is 4. The van der Waals surface area contributed by atoms with Gasteiger partial charge < -0.3 is 5.32 Å². The molecule has 2 aromatic rings. The van der Waals surface area contributed by atoms with Crippen molar-refractivity contribution in [3.8, 4) is 11.4 Å². The van der Waals surface area contributed by atoms with E-state index in [9.17, 15) is 0 Å². The van der Waals surface area contributed by atoms with Crippen LogP contribution in [0, 0.1) is 5.92 Å². The molecule has 0 bridgehead atoms. The lowest BCUT2D eigenvalue weighted by molar-refractivity contribution is 0.222. The molecule has 1 aliphatic heterocycles. The van der Waals surface area contributed by atoms with Gasteiger partial charge in [0.1, 0.15) is 0 Å². The molecular formula is C16H21N5. The normalized spacial score (nSPS) is 22.6. The smallest absolute Gasteiger partial charge is 0.221 e. The number of hydrogen-bond acceptors (Lipinski definition) is 4. The predicted molar refractivity (Wildman–Crippen MR) is 82.0 cm³/mol. The molecule has 2 aromatic heterocycles. The first-order chi connectivity index (χ1) is 10.4. The molecule has 0 aromatic carbocycles. The third-order valence-electron chi connectivity index (χ3n) is 4.78. The van der Waals surface area contributed by atoms with Crippen LogP contribution in [-0.4, -0.2) is 26.3 Å². The van der Waals surface area contributed by atoms with E-state index in [2.05, 4.69) is 20.0 Å². The molecule has 0 spiro atoms. The molecule has 0 saturated heterocycles. The first kappa shape index (κ1) is 12.8. The maximum atomic E-state index is 4.78. The highest BCUT2D eigenvalue weighted by atomic mass is 15.4. The van der Waals surface area contributed by atoms with Gasteiger partial charge in [0, 0.05) is 24.5 Å². The Hall–Kier alpha value is -1.91. The number of aromatic nitrogens is 4. The largest absolute Gasteiger partial charge is 0.354 e. The summed E-state index contributed by atoms with van der Waals surface area (Å²) in [5, 5.41) is 8.17. The summed E-state index contributed by atoms with van der Waals surface area (Å²) in [7, 11) is 0. The third kappa shape index (κ3) is 2.41. The quantitative estimate of drug-likeness (QED) is 0.919. The van der Waals surface area contributed by atoms with Crippen molar-refractivity contribution in [2.24, 2.45) is 5.92 Å². The van der Waals surface area contributed by atoms with Gasteiger partial charge in [-0.3, -0.25) is 4.98 Å². The fourth-order valence-electron chi connectivity index (χ4n) is 3.70. The topological polar surface area (TPSA) is 55.6 Å². The second-order valence-electron chi connectivity index (χ2n) is 6.13. The average Bonchev–Trinajstić information content (AvgIpc) is 3.00. The number of pyridine rings is 1. The lowest BCUT2D eigenvalue weighted by Crippen LogP contribution is -2.30. The SMILES string of the molecule is c1cncc(-c2nc3n(n2)C(C2CCCCC2)CCN3)c1. The van der Waals surface area contributed by atoms with Gasteiger partial charge in [0.2, 0.25) is 5.95 Å². The molecule has 1 atom stereocenters. The first-order valence-electron chi connectivity index (χ1n) is 8.02. The van der Waals surface area contributed by atoms with Crippen molar-refractivity contribution in [1.82, 2.24) is 19.7 Å². The Balaban J connectivity index is 1.66. The van der Waals surface area contributed by atoms with E-state index in [1.807, 2.05) is 18.3 Å². The highest BCUT2D eigenvalue weighted by Gasteiger charge is 2.30. The fourth-order valence-corrected chi connectivity index (χ4v) is 3.70. The highest BCUT2D eigenvalue weighted by molar-refractivity contribution is 5.55. The summed E-state index contributed by atoms with van der Waals surface area (Å²) < 4.78 is 2.14. The molecule has 1 N–H and O–H groups in total. The van der Waals surface area contributed by atoms with Crippen molar-refractivity contribution in [1.29, 1.82) is 0 Å². The summed E-state index contributed by atoms with van der Waals surface area (Å²) >= 11 is 0. The molecule has 1 fully saturated rings. The summed E-state index contributed by atoms with van der Waals surface area (Å²) in [6.07, 6.45) is 11.6. The van der Waals surface area contributed by atoms with Gasteiger partial charge in [0.15, 0.2) is 5.82 Å². The van der Waals surface area contributed by atoms with Gasteiger partial charge in [0.05, 0.1) is 6.04 Å². The van der Waals surface area contributed by atoms with Crippen LogP contribution < -0.4 is 5.32 Å². The Morgan fingerprint density at radius 1 is 1.14 bits per heavy atom. The number of rotatable bonds is 2. The van der Waals surface area contributed by atoms with Crippen LogP contribution in [0.3, 0.4) is 0 Å². The summed E-state index contributed by atoms with van der Waals surface area (Å²) in [6, 6.07) is 4.46. The van der Waals surface area contributed by atoms with Crippen LogP contribution in [-0.2, 0) is 0 Å². The highest BCUT2D eigenvalue weighted by Crippen LogP contribution is 2.38. The van der Waals surface area contributed by atoms with E-state index in [1.54, 1.807) is 6.20 Å². The molecule has 1 saturated carbocycles. The molecule has 110 valence electrons. The summed E-state index contributed by atoms with van der Waals surface area (Å²) in [5.41, 5.74) is 0.989. The summed E-state index contributed by atoms with van der Waals surface area (Å²) in [5.74, 6) is 2.48. The van der Waals surface area contributed by atoms with E-state index in [1.165, 1.54) is 32.1 Å². The van der Waals surface area contributed by atoms with Gasteiger partial charge in [0.25, 0.3) is 0 Å². The Bertz CT molecular complexity index is 600. The summed E-state index contributed by atoms with van der Waals surface area (Å²) in [6.45, 7) is 1.01. The van der Waals surface area contributed by atoms with Crippen LogP contribution in [0.1, 0.15) is 44.6 Å². The fraction of sp³-hybridized carbons (Fsp3) is 0.562. The number of anilines is 1. The van der Waals surface area contributed by atoms with Crippen LogP contribution in [0.15, 0.2) is 24.5 Å². The lowest BCUT2D eigenvalue weighted by Gasteiger charge is -2.33. The molecule has 21 heavy (non-hydrogen) atoms. The van der Waals surface area contributed by atoms with Crippen LogP contribution in [0.5, 0.6) is 0 Å². The molecule has 5 heteroatoms. The van der Waals surface area contributed by atoms with Gasteiger partial charge in [-0.15, -0.1) is 5.10 Å².